The molecule has 0 aromatic heterocycles. The Morgan fingerprint density at radius 3 is 2.46 bits per heavy atom. The Bertz CT molecular complexity index is 318. The summed E-state index contributed by atoms with van der Waals surface area (Å²) in [5.41, 5.74) is 1.14. The first-order valence-corrected chi connectivity index (χ1v) is 4.45. The second-order valence-electron chi connectivity index (χ2n) is 3.28. The van der Waals surface area contributed by atoms with Crippen molar-refractivity contribution < 1.29 is 4.84 Å². The van der Waals surface area contributed by atoms with Crippen LogP contribution in [-0.4, -0.2) is 18.2 Å². The lowest BCUT2D eigenvalue weighted by Gasteiger charge is -2.13. The smallest absolute Gasteiger partial charge is 0.152 e. The van der Waals surface area contributed by atoms with E-state index in [-0.39, 0.29) is 0 Å². The van der Waals surface area contributed by atoms with Gasteiger partial charge < -0.3 is 4.84 Å². The molecule has 2 heteroatoms. The number of hydrogen-bond acceptors (Lipinski definition) is 2. The van der Waals surface area contributed by atoms with Crippen LogP contribution in [0.15, 0.2) is 36.4 Å². The van der Waals surface area contributed by atoms with Crippen molar-refractivity contribution >= 4 is 5.76 Å². The highest BCUT2D eigenvalue weighted by atomic mass is 16.7. The van der Waals surface area contributed by atoms with Gasteiger partial charge in [-0.1, -0.05) is 30.3 Å². The summed E-state index contributed by atoms with van der Waals surface area (Å²) < 4.78 is 0. The number of rotatable bonds is 1. The number of benzene rings is 1. The summed E-state index contributed by atoms with van der Waals surface area (Å²) in [6.45, 7) is 2.11. The first-order valence-electron chi connectivity index (χ1n) is 4.45. The molecular weight excluding hydrogens is 162 g/mol. The highest BCUT2D eigenvalue weighted by Crippen LogP contribution is 2.24. The standard InChI is InChI=1S/C11H13NO/c1-9-8-11(13-12(9)2)10-6-4-3-5-7-10/h3-9H,1-2H3/t9-/m0/s1. The molecule has 0 N–H and O–H groups in total. The van der Waals surface area contributed by atoms with E-state index >= 15 is 0 Å². The molecule has 0 saturated carbocycles. The van der Waals surface area contributed by atoms with E-state index in [1.54, 1.807) is 0 Å². The molecule has 1 aromatic rings. The van der Waals surface area contributed by atoms with Crippen LogP contribution in [0.2, 0.25) is 0 Å². The number of hydrogen-bond donors (Lipinski definition) is 0. The van der Waals surface area contributed by atoms with Gasteiger partial charge in [-0.25, -0.2) is 0 Å². The lowest BCUT2D eigenvalue weighted by molar-refractivity contribution is -0.0604. The SMILES string of the molecule is C[C@H]1C=C(c2ccccc2)ON1C. The third-order valence-corrected chi connectivity index (χ3v) is 2.27. The van der Waals surface area contributed by atoms with Gasteiger partial charge in [0.2, 0.25) is 0 Å². The van der Waals surface area contributed by atoms with Gasteiger partial charge in [-0.05, 0) is 13.0 Å². The lowest BCUT2D eigenvalue weighted by Crippen LogP contribution is -2.20. The molecule has 0 spiro atoms. The molecule has 1 aliphatic rings. The Morgan fingerprint density at radius 2 is 1.92 bits per heavy atom. The second-order valence-corrected chi connectivity index (χ2v) is 3.28. The summed E-state index contributed by atoms with van der Waals surface area (Å²) in [6, 6.07) is 10.5. The van der Waals surface area contributed by atoms with E-state index in [0.29, 0.717) is 6.04 Å². The molecule has 1 aliphatic heterocycles. The van der Waals surface area contributed by atoms with Crippen molar-refractivity contribution in [2.75, 3.05) is 7.05 Å². The van der Waals surface area contributed by atoms with Crippen LogP contribution in [0.1, 0.15) is 12.5 Å². The predicted octanol–water partition coefficient (Wildman–Crippen LogP) is 2.29. The maximum atomic E-state index is 5.55. The van der Waals surface area contributed by atoms with Gasteiger partial charge in [0.1, 0.15) is 0 Å². The fourth-order valence-corrected chi connectivity index (χ4v) is 1.34. The van der Waals surface area contributed by atoms with Gasteiger partial charge in [-0.2, -0.15) is 0 Å². The maximum absolute atomic E-state index is 5.55. The minimum atomic E-state index is 0.357. The van der Waals surface area contributed by atoms with Gasteiger partial charge in [-0.15, -0.1) is 5.06 Å². The van der Waals surface area contributed by atoms with Crippen LogP contribution in [0.3, 0.4) is 0 Å². The summed E-state index contributed by atoms with van der Waals surface area (Å²) in [5.74, 6) is 0.954. The normalized spacial score (nSPS) is 22.6. The largest absolute Gasteiger partial charge is 0.405 e. The third-order valence-electron chi connectivity index (χ3n) is 2.27. The van der Waals surface area contributed by atoms with Crippen molar-refractivity contribution in [2.24, 2.45) is 0 Å². The second kappa shape index (κ2) is 3.23. The fraction of sp³-hybridized carbons (Fsp3) is 0.273. The number of hydroxylamine groups is 2. The van der Waals surface area contributed by atoms with Crippen molar-refractivity contribution in [1.29, 1.82) is 0 Å². The average molecular weight is 175 g/mol. The van der Waals surface area contributed by atoms with Crippen LogP contribution in [0.4, 0.5) is 0 Å². The molecule has 2 rings (SSSR count). The van der Waals surface area contributed by atoms with Crippen LogP contribution in [0.25, 0.3) is 5.76 Å². The highest BCUT2D eigenvalue weighted by Gasteiger charge is 2.19. The summed E-state index contributed by atoms with van der Waals surface area (Å²) in [6.07, 6.45) is 2.12. The Labute approximate surface area is 78.4 Å². The topological polar surface area (TPSA) is 12.5 Å². The van der Waals surface area contributed by atoms with E-state index in [2.05, 4.69) is 25.1 Å². The molecule has 0 fully saturated rings. The molecule has 0 saturated heterocycles. The molecule has 1 aromatic carbocycles. The number of likely N-dealkylation sites (N-methyl/N-ethyl adjacent to an activating group) is 1. The zero-order chi connectivity index (χ0) is 9.26. The molecule has 13 heavy (non-hydrogen) atoms. The third kappa shape index (κ3) is 1.58. The molecule has 0 radical (unpaired) electrons. The van der Waals surface area contributed by atoms with Crippen LogP contribution in [-0.2, 0) is 4.84 Å². The molecule has 1 atom stereocenters. The summed E-state index contributed by atoms with van der Waals surface area (Å²) in [5, 5.41) is 1.85. The molecule has 0 unspecified atom stereocenters. The van der Waals surface area contributed by atoms with E-state index in [1.165, 1.54) is 0 Å². The molecule has 0 bridgehead atoms. The predicted molar refractivity (Wildman–Crippen MR) is 52.7 cm³/mol. The van der Waals surface area contributed by atoms with Gasteiger partial charge in [-0.3, -0.25) is 0 Å². The molecule has 0 amide bonds. The van der Waals surface area contributed by atoms with Gasteiger partial charge in [0.25, 0.3) is 0 Å². The van der Waals surface area contributed by atoms with Crippen LogP contribution >= 0.6 is 0 Å². The first-order chi connectivity index (χ1) is 6.27. The van der Waals surface area contributed by atoms with Gasteiger partial charge >= 0.3 is 0 Å². The lowest BCUT2D eigenvalue weighted by atomic mass is 10.1. The van der Waals surface area contributed by atoms with Gasteiger partial charge in [0, 0.05) is 12.6 Å². The van der Waals surface area contributed by atoms with Gasteiger partial charge in [0.05, 0.1) is 6.04 Å². The zero-order valence-electron chi connectivity index (χ0n) is 7.90. The minimum Gasteiger partial charge on any atom is -0.405 e. The van der Waals surface area contributed by atoms with Crippen molar-refractivity contribution in [3.8, 4) is 0 Å². The van der Waals surface area contributed by atoms with E-state index in [1.807, 2.05) is 30.3 Å². The average Bonchev–Trinajstić information content (AvgIpc) is 2.49. The van der Waals surface area contributed by atoms with Gasteiger partial charge in [0.15, 0.2) is 5.76 Å². The van der Waals surface area contributed by atoms with E-state index < -0.39 is 0 Å². The Kier molecular flexibility index (Phi) is 2.07. The van der Waals surface area contributed by atoms with Crippen molar-refractivity contribution in [2.45, 2.75) is 13.0 Å². The Hall–Kier alpha value is -1.28. The van der Waals surface area contributed by atoms with E-state index in [9.17, 15) is 0 Å². The summed E-state index contributed by atoms with van der Waals surface area (Å²) in [7, 11) is 1.94. The first kappa shape index (κ1) is 8.32. The summed E-state index contributed by atoms with van der Waals surface area (Å²) >= 11 is 0. The number of nitrogens with zero attached hydrogens (tertiary/aromatic N) is 1. The van der Waals surface area contributed by atoms with Crippen LogP contribution in [0, 0.1) is 0 Å². The van der Waals surface area contributed by atoms with E-state index in [0.717, 1.165) is 11.3 Å². The Morgan fingerprint density at radius 1 is 1.23 bits per heavy atom. The molecule has 68 valence electrons. The van der Waals surface area contributed by atoms with Crippen LogP contribution in [0.5, 0.6) is 0 Å². The molecular formula is C11H13NO. The Balaban J connectivity index is 2.25. The van der Waals surface area contributed by atoms with Crippen molar-refractivity contribution in [3.63, 3.8) is 0 Å². The molecule has 0 aliphatic carbocycles. The zero-order valence-corrected chi connectivity index (χ0v) is 7.90. The highest BCUT2D eigenvalue weighted by molar-refractivity contribution is 5.61. The monoisotopic (exact) mass is 175 g/mol. The van der Waals surface area contributed by atoms with Crippen LogP contribution < -0.4 is 0 Å². The quantitative estimate of drug-likeness (QED) is 0.649. The minimum absolute atomic E-state index is 0.357. The molecule has 2 nitrogen and oxygen atoms in total. The van der Waals surface area contributed by atoms with Crippen molar-refractivity contribution in [3.05, 3.63) is 42.0 Å². The van der Waals surface area contributed by atoms with E-state index in [4.69, 9.17) is 4.84 Å². The fourth-order valence-electron chi connectivity index (χ4n) is 1.34. The maximum Gasteiger partial charge on any atom is 0.152 e. The van der Waals surface area contributed by atoms with Crippen molar-refractivity contribution in [1.82, 2.24) is 5.06 Å². The molecule has 1 heterocycles. The summed E-state index contributed by atoms with van der Waals surface area (Å²) in [4.78, 5) is 5.55.